The molecule has 0 radical (unpaired) electrons. The molecule has 0 bridgehead atoms. The summed E-state index contributed by atoms with van der Waals surface area (Å²) in [4.78, 5) is 34.0. The van der Waals surface area contributed by atoms with Gasteiger partial charge >= 0.3 is 6.09 Å². The largest absolute Gasteiger partial charge is 0.465 e. The molecule has 3 N–H and O–H groups in total. The fraction of sp³-hybridized carbons (Fsp3) is 0.320. The van der Waals surface area contributed by atoms with Gasteiger partial charge in [-0.2, -0.15) is 0 Å². The van der Waals surface area contributed by atoms with Crippen molar-refractivity contribution in [2.75, 3.05) is 6.54 Å². The lowest BCUT2D eigenvalue weighted by molar-refractivity contribution is -0.135. The first kappa shape index (κ1) is 23.0. The maximum absolute atomic E-state index is 13.1. The molecule has 0 saturated carbocycles. The Morgan fingerprint density at radius 3 is 2.30 bits per heavy atom. The molecule has 2 amide bonds. The van der Waals surface area contributed by atoms with Gasteiger partial charge in [0, 0.05) is 11.0 Å². The van der Waals surface area contributed by atoms with Crippen LogP contribution in [0.5, 0.6) is 0 Å². The van der Waals surface area contributed by atoms with E-state index in [-0.39, 0.29) is 17.9 Å². The number of benzene rings is 2. The van der Waals surface area contributed by atoms with Crippen molar-refractivity contribution in [3.63, 3.8) is 0 Å². The normalized spacial score (nSPS) is 16.7. The molecule has 8 heteroatoms. The number of hydrogen-bond donors (Lipinski definition) is 3. The molecule has 1 aliphatic rings. The highest BCUT2D eigenvalue weighted by atomic mass is 79.9. The summed E-state index contributed by atoms with van der Waals surface area (Å²) in [6, 6.07) is 15.5. The summed E-state index contributed by atoms with van der Waals surface area (Å²) in [5.74, 6) is 0.378. The molecule has 2 unspecified atom stereocenters. The van der Waals surface area contributed by atoms with Crippen molar-refractivity contribution >= 4 is 27.9 Å². The second-order valence-electron chi connectivity index (χ2n) is 8.63. The number of aromatic amines is 1. The van der Waals surface area contributed by atoms with Gasteiger partial charge in [0.1, 0.15) is 11.9 Å². The second kappa shape index (κ2) is 9.79. The van der Waals surface area contributed by atoms with E-state index in [1.54, 1.807) is 11.1 Å². The van der Waals surface area contributed by atoms with Gasteiger partial charge in [0.25, 0.3) is 0 Å². The van der Waals surface area contributed by atoms with Crippen LogP contribution < -0.4 is 5.32 Å². The van der Waals surface area contributed by atoms with Gasteiger partial charge in [-0.1, -0.05) is 66.2 Å². The zero-order valence-corrected chi connectivity index (χ0v) is 20.2. The van der Waals surface area contributed by atoms with Gasteiger partial charge in [-0.15, -0.1) is 0 Å². The first-order valence-corrected chi connectivity index (χ1v) is 11.8. The molecule has 1 aromatic heterocycles. The monoisotopic (exact) mass is 510 g/mol. The van der Waals surface area contributed by atoms with Crippen LogP contribution in [0.15, 0.2) is 59.2 Å². The van der Waals surface area contributed by atoms with Gasteiger partial charge in [-0.05, 0) is 47.6 Å². The molecule has 1 saturated heterocycles. The molecule has 33 heavy (non-hydrogen) atoms. The van der Waals surface area contributed by atoms with E-state index < -0.39 is 12.1 Å². The molecule has 4 rings (SSSR count). The fourth-order valence-electron chi connectivity index (χ4n) is 4.28. The zero-order chi connectivity index (χ0) is 23.5. The van der Waals surface area contributed by atoms with Gasteiger partial charge in [0.2, 0.25) is 5.91 Å². The number of nitrogens with one attached hydrogen (secondary N) is 2. The number of carboxylic acid groups (broad SMARTS) is 1. The number of imidazole rings is 1. The van der Waals surface area contributed by atoms with Crippen LogP contribution in [0.25, 0.3) is 22.4 Å². The third-order valence-electron chi connectivity index (χ3n) is 6.03. The number of carbonyl (C=O) groups excluding carboxylic acids is 1. The SMILES string of the molecule is CC(C)C(NC(=O)O)C(=O)N1CCCC1c1ncc(-c2ccc(-c3ccc(Br)cc3)cc2)[nH]1. The van der Waals surface area contributed by atoms with Crippen molar-refractivity contribution < 1.29 is 14.7 Å². The van der Waals surface area contributed by atoms with E-state index in [1.165, 1.54) is 0 Å². The van der Waals surface area contributed by atoms with Gasteiger partial charge in [0.05, 0.1) is 17.9 Å². The second-order valence-corrected chi connectivity index (χ2v) is 9.54. The number of carbonyl (C=O) groups is 2. The predicted octanol–water partition coefficient (Wildman–Crippen LogP) is 5.46. The van der Waals surface area contributed by atoms with Crippen LogP contribution >= 0.6 is 15.9 Å². The Morgan fingerprint density at radius 2 is 1.70 bits per heavy atom. The Kier molecular flexibility index (Phi) is 6.83. The van der Waals surface area contributed by atoms with E-state index in [0.29, 0.717) is 6.54 Å². The van der Waals surface area contributed by atoms with E-state index in [2.05, 4.69) is 67.6 Å². The summed E-state index contributed by atoms with van der Waals surface area (Å²) < 4.78 is 1.05. The molecule has 3 aromatic rings. The van der Waals surface area contributed by atoms with Gasteiger partial charge < -0.3 is 20.3 Å². The standard InChI is InChI=1S/C25H27BrN4O3/c1-15(2)22(29-25(32)33)24(31)30-13-3-4-21(30)23-27-14-20(28-23)18-7-5-16(6-8-18)17-9-11-19(26)12-10-17/h5-12,14-15,21-22,29H,3-4,13H2,1-2H3,(H,27,28)(H,32,33). The first-order chi connectivity index (χ1) is 15.8. The number of aromatic nitrogens is 2. The van der Waals surface area contributed by atoms with Crippen molar-refractivity contribution in [3.8, 4) is 22.4 Å². The van der Waals surface area contributed by atoms with E-state index in [0.717, 1.165) is 45.5 Å². The number of nitrogens with zero attached hydrogens (tertiary/aromatic N) is 2. The van der Waals surface area contributed by atoms with Crippen LogP contribution in [0.3, 0.4) is 0 Å². The van der Waals surface area contributed by atoms with Crippen molar-refractivity contribution in [1.29, 1.82) is 0 Å². The van der Waals surface area contributed by atoms with Crippen LogP contribution in [0, 0.1) is 5.92 Å². The van der Waals surface area contributed by atoms with Gasteiger partial charge in [-0.3, -0.25) is 4.79 Å². The summed E-state index contributed by atoms with van der Waals surface area (Å²) in [5.41, 5.74) is 4.17. The Hall–Kier alpha value is -3.13. The van der Waals surface area contributed by atoms with Crippen LogP contribution in [0.1, 0.15) is 38.6 Å². The lowest BCUT2D eigenvalue weighted by atomic mass is 10.0. The van der Waals surface area contributed by atoms with E-state index >= 15 is 0 Å². The molecule has 0 aliphatic carbocycles. The lowest BCUT2D eigenvalue weighted by Crippen LogP contribution is -2.50. The average Bonchev–Trinajstić information content (AvgIpc) is 3.47. The van der Waals surface area contributed by atoms with Crippen molar-refractivity contribution in [1.82, 2.24) is 20.2 Å². The predicted molar refractivity (Wildman–Crippen MR) is 131 cm³/mol. The minimum absolute atomic E-state index is 0.147. The average molecular weight is 511 g/mol. The van der Waals surface area contributed by atoms with Gasteiger partial charge in [0.15, 0.2) is 0 Å². The van der Waals surface area contributed by atoms with Crippen molar-refractivity contribution in [2.45, 2.75) is 38.8 Å². The fourth-order valence-corrected chi connectivity index (χ4v) is 4.54. The maximum atomic E-state index is 13.1. The molecule has 2 atom stereocenters. The van der Waals surface area contributed by atoms with Gasteiger partial charge in [-0.25, -0.2) is 9.78 Å². The Bertz CT molecular complexity index is 1130. The molecule has 2 aromatic carbocycles. The number of halogens is 1. The van der Waals surface area contributed by atoms with Crippen LogP contribution in [-0.2, 0) is 4.79 Å². The molecule has 2 heterocycles. The summed E-state index contributed by atoms with van der Waals surface area (Å²) in [5, 5.41) is 11.5. The molecule has 7 nitrogen and oxygen atoms in total. The number of amides is 2. The quantitative estimate of drug-likeness (QED) is 0.409. The van der Waals surface area contributed by atoms with Crippen molar-refractivity contribution in [3.05, 3.63) is 65.0 Å². The number of hydrogen-bond acceptors (Lipinski definition) is 3. The Labute approximate surface area is 201 Å². The molecule has 172 valence electrons. The summed E-state index contributed by atoms with van der Waals surface area (Å²) in [7, 11) is 0. The van der Waals surface area contributed by atoms with Crippen LogP contribution in [0.4, 0.5) is 4.79 Å². The van der Waals surface area contributed by atoms with Crippen LogP contribution in [0.2, 0.25) is 0 Å². The maximum Gasteiger partial charge on any atom is 0.405 e. The third kappa shape index (κ3) is 5.11. The molecule has 0 spiro atoms. The molecule has 1 aliphatic heterocycles. The smallest absolute Gasteiger partial charge is 0.405 e. The topological polar surface area (TPSA) is 98.3 Å². The highest BCUT2D eigenvalue weighted by Crippen LogP contribution is 2.33. The van der Waals surface area contributed by atoms with Crippen molar-refractivity contribution in [2.24, 2.45) is 5.92 Å². The highest BCUT2D eigenvalue weighted by Gasteiger charge is 2.37. The summed E-state index contributed by atoms with van der Waals surface area (Å²) in [6.07, 6.45) is 2.25. The van der Waals surface area contributed by atoms with E-state index in [9.17, 15) is 9.59 Å². The minimum atomic E-state index is -1.19. The lowest BCUT2D eigenvalue weighted by Gasteiger charge is -2.29. The number of rotatable bonds is 6. The summed E-state index contributed by atoms with van der Waals surface area (Å²) >= 11 is 3.46. The Morgan fingerprint density at radius 1 is 1.09 bits per heavy atom. The van der Waals surface area contributed by atoms with E-state index in [4.69, 9.17) is 5.11 Å². The number of likely N-dealkylation sites (tertiary alicyclic amines) is 1. The zero-order valence-electron chi connectivity index (χ0n) is 18.6. The van der Waals surface area contributed by atoms with Crippen LogP contribution in [-0.4, -0.2) is 44.6 Å². The summed E-state index contributed by atoms with van der Waals surface area (Å²) in [6.45, 7) is 4.27. The first-order valence-electron chi connectivity index (χ1n) is 11.0. The third-order valence-corrected chi connectivity index (χ3v) is 6.56. The Balaban J connectivity index is 1.52. The highest BCUT2D eigenvalue weighted by molar-refractivity contribution is 9.10. The molecular weight excluding hydrogens is 484 g/mol. The minimum Gasteiger partial charge on any atom is -0.465 e. The molecular formula is C25H27BrN4O3. The molecule has 1 fully saturated rings. The number of H-pyrrole nitrogens is 1. The van der Waals surface area contributed by atoms with E-state index in [1.807, 2.05) is 26.0 Å².